The molecule has 0 aliphatic rings. The van der Waals surface area contributed by atoms with E-state index in [9.17, 15) is 8.78 Å². The summed E-state index contributed by atoms with van der Waals surface area (Å²) in [6, 6.07) is 8.64. The van der Waals surface area contributed by atoms with E-state index < -0.39 is 5.76 Å². The molecule has 2 aromatic rings. The summed E-state index contributed by atoms with van der Waals surface area (Å²) in [6.07, 6.45) is 0. The van der Waals surface area contributed by atoms with E-state index in [1.807, 2.05) is 6.92 Å². The summed E-state index contributed by atoms with van der Waals surface area (Å²) < 4.78 is 24.9. The van der Waals surface area contributed by atoms with Crippen molar-refractivity contribution in [2.24, 2.45) is 0 Å². The minimum atomic E-state index is -2.40. The topological polar surface area (TPSA) is 28.7 Å². The number of thioether (sulfide) groups is 1. The Morgan fingerprint density at radius 3 is 2.50 bits per heavy atom. The highest BCUT2D eigenvalue weighted by Gasteiger charge is 2.05. The van der Waals surface area contributed by atoms with Gasteiger partial charge in [-0.15, -0.1) is 0 Å². The molecule has 0 aliphatic heterocycles. The molecule has 18 heavy (non-hydrogen) atoms. The summed E-state index contributed by atoms with van der Waals surface area (Å²) in [5, 5.41) is 0. The van der Waals surface area contributed by atoms with Crippen molar-refractivity contribution in [3.8, 4) is 11.3 Å². The molecule has 0 aliphatic carbocycles. The summed E-state index contributed by atoms with van der Waals surface area (Å²) in [5.41, 5.74) is 1.73. The molecule has 1 aromatic heterocycles. The third-order valence-corrected chi connectivity index (χ3v) is 3.18. The zero-order chi connectivity index (χ0) is 13.1. The van der Waals surface area contributed by atoms with Gasteiger partial charge in [0, 0.05) is 10.6 Å². The van der Waals surface area contributed by atoms with E-state index in [0.29, 0.717) is 21.3 Å². The van der Waals surface area contributed by atoms with Gasteiger partial charge in [0.1, 0.15) is 10.5 Å². The van der Waals surface area contributed by atoms with Crippen LogP contribution in [0.1, 0.15) is 5.82 Å². The van der Waals surface area contributed by atoms with E-state index >= 15 is 0 Å². The van der Waals surface area contributed by atoms with Gasteiger partial charge in [-0.3, -0.25) is 0 Å². The molecule has 1 heterocycles. The normalized spacial score (nSPS) is 10.9. The fourth-order valence-electron chi connectivity index (χ4n) is 1.55. The molecule has 0 saturated carbocycles. The van der Waals surface area contributed by atoms with E-state index in [1.165, 1.54) is 0 Å². The third-order valence-electron chi connectivity index (χ3n) is 2.25. The Morgan fingerprint density at radius 2 is 1.94 bits per heavy atom. The van der Waals surface area contributed by atoms with E-state index in [2.05, 4.69) is 9.97 Å². The number of halogens is 2. The second kappa shape index (κ2) is 5.58. The summed E-state index contributed by atoms with van der Waals surface area (Å²) in [6.45, 7) is 1.82. The minimum Gasteiger partial charge on any atom is -0.343 e. The molecule has 0 unspecified atom stereocenters. The van der Waals surface area contributed by atoms with Gasteiger partial charge in [-0.2, -0.15) is 8.78 Å². The first-order chi connectivity index (χ1) is 8.54. The number of nitrogens with one attached hydrogen (secondary N) is 1. The SMILES string of the molecule is Cc1nc(=S)cc(-c2ccc(SC(F)F)cc2)[nH]1. The summed E-state index contributed by atoms with van der Waals surface area (Å²) >= 11 is 5.57. The van der Waals surface area contributed by atoms with Crippen molar-refractivity contribution >= 4 is 24.0 Å². The first-order valence-corrected chi connectivity index (χ1v) is 6.46. The van der Waals surface area contributed by atoms with Crippen molar-refractivity contribution in [1.82, 2.24) is 9.97 Å². The van der Waals surface area contributed by atoms with Crippen molar-refractivity contribution in [2.45, 2.75) is 17.6 Å². The minimum absolute atomic E-state index is 0.507. The van der Waals surface area contributed by atoms with Gasteiger partial charge in [-0.1, -0.05) is 36.1 Å². The molecule has 2 nitrogen and oxygen atoms in total. The zero-order valence-electron chi connectivity index (χ0n) is 9.48. The fraction of sp³-hybridized carbons (Fsp3) is 0.167. The van der Waals surface area contributed by atoms with Gasteiger partial charge < -0.3 is 4.98 Å². The molecule has 0 spiro atoms. The van der Waals surface area contributed by atoms with Crippen LogP contribution in [0.2, 0.25) is 0 Å². The van der Waals surface area contributed by atoms with Crippen LogP contribution in [0.5, 0.6) is 0 Å². The number of hydrogen-bond donors (Lipinski definition) is 1. The van der Waals surface area contributed by atoms with Gasteiger partial charge in [-0.05, 0) is 30.7 Å². The number of hydrogen-bond acceptors (Lipinski definition) is 3. The lowest BCUT2D eigenvalue weighted by atomic mass is 10.1. The lowest BCUT2D eigenvalue weighted by Crippen LogP contribution is -1.91. The van der Waals surface area contributed by atoms with Crippen LogP contribution in [0.15, 0.2) is 35.2 Å². The quantitative estimate of drug-likeness (QED) is 0.667. The molecule has 2 rings (SSSR count). The summed E-state index contributed by atoms with van der Waals surface area (Å²) in [4.78, 5) is 7.70. The average molecular weight is 284 g/mol. The lowest BCUT2D eigenvalue weighted by Gasteiger charge is -2.05. The number of benzene rings is 1. The Bertz CT molecular complexity index is 594. The van der Waals surface area contributed by atoms with Crippen molar-refractivity contribution < 1.29 is 8.78 Å². The predicted octanol–water partition coefficient (Wildman–Crippen LogP) is 4.43. The molecular formula is C12H10F2N2S2. The van der Waals surface area contributed by atoms with E-state index in [1.54, 1.807) is 30.3 Å². The van der Waals surface area contributed by atoms with Crippen molar-refractivity contribution in [1.29, 1.82) is 0 Å². The van der Waals surface area contributed by atoms with Gasteiger partial charge >= 0.3 is 0 Å². The number of H-pyrrole nitrogens is 1. The van der Waals surface area contributed by atoms with Crippen molar-refractivity contribution in [2.75, 3.05) is 0 Å². The van der Waals surface area contributed by atoms with Crippen LogP contribution in [0, 0.1) is 11.6 Å². The molecular weight excluding hydrogens is 274 g/mol. The Balaban J connectivity index is 2.31. The highest BCUT2D eigenvalue weighted by atomic mass is 32.2. The maximum absolute atomic E-state index is 12.2. The molecule has 0 atom stereocenters. The van der Waals surface area contributed by atoms with E-state index in [0.717, 1.165) is 17.1 Å². The van der Waals surface area contributed by atoms with Gasteiger partial charge in [-0.25, -0.2) is 4.98 Å². The van der Waals surface area contributed by atoms with Crippen LogP contribution in [0.4, 0.5) is 8.78 Å². The lowest BCUT2D eigenvalue weighted by molar-refractivity contribution is 0.252. The molecule has 0 amide bonds. The van der Waals surface area contributed by atoms with Gasteiger partial charge in [0.2, 0.25) is 0 Å². The third kappa shape index (κ3) is 3.36. The number of aryl methyl sites for hydroxylation is 1. The Hall–Kier alpha value is -1.27. The number of nitrogens with zero attached hydrogens (tertiary/aromatic N) is 1. The maximum atomic E-state index is 12.2. The molecule has 0 fully saturated rings. The van der Waals surface area contributed by atoms with Gasteiger partial charge in [0.25, 0.3) is 5.76 Å². The predicted molar refractivity (Wildman–Crippen MR) is 71.5 cm³/mol. The molecule has 94 valence electrons. The second-order valence-electron chi connectivity index (χ2n) is 3.62. The standard InChI is InChI=1S/C12H10F2N2S2/c1-7-15-10(6-11(17)16-7)8-2-4-9(5-3-8)18-12(13)14/h2-6,12H,1H3,(H,15,16,17). The number of aromatic amines is 1. The van der Waals surface area contributed by atoms with Crippen molar-refractivity contribution in [3.05, 3.63) is 40.8 Å². The fourth-order valence-corrected chi connectivity index (χ4v) is 2.31. The molecule has 0 saturated heterocycles. The molecule has 6 heteroatoms. The Labute approximate surface area is 112 Å². The van der Waals surface area contributed by atoms with E-state index in [-0.39, 0.29) is 0 Å². The number of aromatic nitrogens is 2. The second-order valence-corrected chi connectivity index (χ2v) is 5.10. The molecule has 0 bridgehead atoms. The van der Waals surface area contributed by atoms with E-state index in [4.69, 9.17) is 12.2 Å². The maximum Gasteiger partial charge on any atom is 0.288 e. The molecule has 1 aromatic carbocycles. The summed E-state index contributed by atoms with van der Waals surface area (Å²) in [7, 11) is 0. The monoisotopic (exact) mass is 284 g/mol. The highest BCUT2D eigenvalue weighted by molar-refractivity contribution is 7.99. The smallest absolute Gasteiger partial charge is 0.288 e. The van der Waals surface area contributed by atoms with Gasteiger partial charge in [0.15, 0.2) is 0 Å². The number of alkyl halides is 2. The Kier molecular flexibility index (Phi) is 4.08. The van der Waals surface area contributed by atoms with Crippen LogP contribution in [0.3, 0.4) is 0 Å². The van der Waals surface area contributed by atoms with Gasteiger partial charge in [0.05, 0.1) is 0 Å². The van der Waals surface area contributed by atoms with Crippen LogP contribution in [0.25, 0.3) is 11.3 Å². The molecule has 1 N–H and O–H groups in total. The van der Waals surface area contributed by atoms with Crippen LogP contribution < -0.4 is 0 Å². The molecule has 0 radical (unpaired) electrons. The number of rotatable bonds is 3. The summed E-state index contributed by atoms with van der Waals surface area (Å²) in [5.74, 6) is -1.67. The largest absolute Gasteiger partial charge is 0.343 e. The van der Waals surface area contributed by atoms with Crippen LogP contribution in [-0.4, -0.2) is 15.7 Å². The van der Waals surface area contributed by atoms with Crippen LogP contribution >= 0.6 is 24.0 Å². The van der Waals surface area contributed by atoms with Crippen molar-refractivity contribution in [3.63, 3.8) is 0 Å². The first kappa shape index (κ1) is 13.2. The highest BCUT2D eigenvalue weighted by Crippen LogP contribution is 2.27. The van der Waals surface area contributed by atoms with Crippen LogP contribution in [-0.2, 0) is 0 Å². The average Bonchev–Trinajstić information content (AvgIpc) is 2.27. The first-order valence-electron chi connectivity index (χ1n) is 5.18. The Morgan fingerprint density at radius 1 is 1.28 bits per heavy atom. The zero-order valence-corrected chi connectivity index (χ0v) is 11.1.